The fraction of sp³-hybridized carbons (Fsp3) is 0.765. The van der Waals surface area contributed by atoms with Crippen LogP contribution in [0.4, 0.5) is 0 Å². The number of allylic oxidation sites excluding steroid dienone is 4. The van der Waals surface area contributed by atoms with Gasteiger partial charge in [-0.25, -0.2) is 0 Å². The number of fused-ring (bicyclic) bond motifs is 4. The van der Waals surface area contributed by atoms with Gasteiger partial charge in [0.05, 0.1) is 0 Å². The van der Waals surface area contributed by atoms with Crippen LogP contribution in [0.1, 0.15) is 46.5 Å². The Morgan fingerprint density at radius 2 is 1.65 bits per heavy atom. The van der Waals surface area contributed by atoms with Crippen LogP contribution >= 0.6 is 0 Å². The number of rotatable bonds is 0. The van der Waals surface area contributed by atoms with Gasteiger partial charge in [-0.1, -0.05) is 45.1 Å². The largest absolute Gasteiger partial charge is 0.0848 e. The van der Waals surface area contributed by atoms with Crippen LogP contribution in [-0.4, -0.2) is 0 Å². The molecular formula is C17H26. The second-order valence-corrected chi connectivity index (χ2v) is 7.18. The van der Waals surface area contributed by atoms with Crippen molar-refractivity contribution in [3.8, 4) is 0 Å². The highest BCUT2D eigenvalue weighted by Gasteiger charge is 2.38. The second kappa shape index (κ2) is 4.00. The molecule has 0 aliphatic heterocycles. The molecule has 17 heavy (non-hydrogen) atoms. The third kappa shape index (κ3) is 2.00. The van der Waals surface area contributed by atoms with E-state index in [0.29, 0.717) is 5.41 Å². The minimum Gasteiger partial charge on any atom is -0.0848 e. The minimum absolute atomic E-state index is 0.630. The Kier molecular flexibility index (Phi) is 2.72. The second-order valence-electron chi connectivity index (χ2n) is 7.18. The molecule has 0 amide bonds. The van der Waals surface area contributed by atoms with E-state index in [1.807, 2.05) is 0 Å². The topological polar surface area (TPSA) is 0 Å². The lowest BCUT2D eigenvalue weighted by molar-refractivity contribution is 0.364. The zero-order valence-corrected chi connectivity index (χ0v) is 11.5. The summed E-state index contributed by atoms with van der Waals surface area (Å²) in [4.78, 5) is 0. The molecule has 4 bridgehead atoms. The molecule has 0 saturated heterocycles. The highest BCUT2D eigenvalue weighted by Crippen LogP contribution is 2.48. The maximum absolute atomic E-state index is 2.41. The Morgan fingerprint density at radius 3 is 1.82 bits per heavy atom. The van der Waals surface area contributed by atoms with Gasteiger partial charge in [-0.05, 0) is 60.7 Å². The van der Waals surface area contributed by atoms with Crippen molar-refractivity contribution in [2.75, 3.05) is 0 Å². The first-order valence-corrected chi connectivity index (χ1v) is 7.45. The van der Waals surface area contributed by atoms with Crippen LogP contribution in [0.15, 0.2) is 24.3 Å². The molecule has 0 spiro atoms. The van der Waals surface area contributed by atoms with Gasteiger partial charge in [0.1, 0.15) is 0 Å². The lowest BCUT2D eigenvalue weighted by atomic mass is 9.86. The van der Waals surface area contributed by atoms with Crippen LogP contribution < -0.4 is 0 Å². The molecule has 0 heteroatoms. The third-order valence-corrected chi connectivity index (χ3v) is 5.92. The van der Waals surface area contributed by atoms with Crippen molar-refractivity contribution in [3.63, 3.8) is 0 Å². The van der Waals surface area contributed by atoms with E-state index in [2.05, 4.69) is 45.1 Å². The Hall–Kier alpha value is -0.520. The van der Waals surface area contributed by atoms with Crippen molar-refractivity contribution in [1.82, 2.24) is 0 Å². The average Bonchev–Trinajstić information content (AvgIpc) is 3.03. The van der Waals surface area contributed by atoms with E-state index in [4.69, 9.17) is 0 Å². The third-order valence-electron chi connectivity index (χ3n) is 5.92. The van der Waals surface area contributed by atoms with Gasteiger partial charge in [0, 0.05) is 0 Å². The molecule has 0 heterocycles. The molecule has 2 fully saturated rings. The summed E-state index contributed by atoms with van der Waals surface area (Å²) >= 11 is 0. The van der Waals surface area contributed by atoms with Gasteiger partial charge in [-0.2, -0.15) is 0 Å². The summed E-state index contributed by atoms with van der Waals surface area (Å²) in [5.41, 5.74) is 0.630. The molecule has 0 aromatic rings. The van der Waals surface area contributed by atoms with E-state index >= 15 is 0 Å². The van der Waals surface area contributed by atoms with E-state index in [0.717, 1.165) is 29.6 Å². The summed E-state index contributed by atoms with van der Waals surface area (Å²) < 4.78 is 0. The van der Waals surface area contributed by atoms with Crippen LogP contribution in [0.3, 0.4) is 0 Å². The van der Waals surface area contributed by atoms with Gasteiger partial charge in [0.2, 0.25) is 0 Å². The Morgan fingerprint density at radius 1 is 1.00 bits per heavy atom. The molecule has 0 nitrogen and oxygen atoms in total. The highest BCUT2D eigenvalue weighted by atomic mass is 14.4. The molecule has 94 valence electrons. The van der Waals surface area contributed by atoms with Gasteiger partial charge < -0.3 is 0 Å². The van der Waals surface area contributed by atoms with Crippen molar-refractivity contribution in [1.29, 1.82) is 0 Å². The number of hydrogen-bond acceptors (Lipinski definition) is 0. The Balaban J connectivity index is 0.000000107. The summed E-state index contributed by atoms with van der Waals surface area (Å²) in [6.45, 7) is 7.15. The van der Waals surface area contributed by atoms with Crippen LogP contribution in [0.5, 0.6) is 0 Å². The smallest absolute Gasteiger partial charge is 0.0141 e. The predicted octanol–water partition coefficient (Wildman–Crippen LogP) is 4.83. The first-order chi connectivity index (χ1) is 8.07. The van der Waals surface area contributed by atoms with Crippen molar-refractivity contribution in [3.05, 3.63) is 24.3 Å². The summed E-state index contributed by atoms with van der Waals surface area (Å²) in [6.07, 6.45) is 15.4. The Labute approximate surface area is 106 Å². The molecule has 4 aliphatic rings. The van der Waals surface area contributed by atoms with E-state index in [1.54, 1.807) is 0 Å². The highest BCUT2D eigenvalue weighted by molar-refractivity contribution is 5.13. The first kappa shape index (κ1) is 11.6. The van der Waals surface area contributed by atoms with E-state index in [9.17, 15) is 0 Å². The number of hydrogen-bond donors (Lipinski definition) is 0. The average molecular weight is 230 g/mol. The molecule has 4 aliphatic carbocycles. The van der Waals surface area contributed by atoms with Crippen LogP contribution in [0.25, 0.3) is 0 Å². The maximum Gasteiger partial charge on any atom is -0.0141 e. The van der Waals surface area contributed by atoms with Gasteiger partial charge in [0.25, 0.3) is 0 Å². The lowest BCUT2D eigenvalue weighted by Gasteiger charge is -2.19. The predicted molar refractivity (Wildman–Crippen MR) is 73.7 cm³/mol. The van der Waals surface area contributed by atoms with Crippen LogP contribution in [-0.2, 0) is 0 Å². The molecular weight excluding hydrogens is 204 g/mol. The van der Waals surface area contributed by atoms with Gasteiger partial charge >= 0.3 is 0 Å². The van der Waals surface area contributed by atoms with Crippen molar-refractivity contribution >= 4 is 0 Å². The summed E-state index contributed by atoms with van der Waals surface area (Å²) in [7, 11) is 0. The summed E-state index contributed by atoms with van der Waals surface area (Å²) in [5, 5.41) is 0. The standard InChI is InChI=1S/C9H14.C8H12/c1-6-7(2)9-4-3-8(6)5-9;1-8-4-2-7(6-8)3-5-8/h3-4,6-9H,5H2,1-2H3;2,4,7H,3,5-6H2,1H3. The molecule has 0 N–H and O–H groups in total. The molecule has 2 saturated carbocycles. The maximum atomic E-state index is 2.41. The molecule has 6 atom stereocenters. The molecule has 0 radical (unpaired) electrons. The molecule has 0 aromatic heterocycles. The molecule has 6 unspecified atom stereocenters. The molecule has 0 aromatic carbocycles. The van der Waals surface area contributed by atoms with E-state index in [1.165, 1.54) is 25.7 Å². The minimum atomic E-state index is 0.630. The van der Waals surface area contributed by atoms with Crippen LogP contribution in [0.2, 0.25) is 0 Å². The monoisotopic (exact) mass is 230 g/mol. The zero-order chi connectivity index (χ0) is 12.0. The molecule has 4 rings (SSSR count). The quantitative estimate of drug-likeness (QED) is 0.523. The van der Waals surface area contributed by atoms with E-state index in [-0.39, 0.29) is 0 Å². The lowest BCUT2D eigenvalue weighted by Crippen LogP contribution is -2.12. The fourth-order valence-corrected chi connectivity index (χ4v) is 4.32. The zero-order valence-electron chi connectivity index (χ0n) is 11.5. The first-order valence-electron chi connectivity index (χ1n) is 7.45. The van der Waals surface area contributed by atoms with Crippen molar-refractivity contribution in [2.45, 2.75) is 46.5 Å². The normalized spacial score (nSPS) is 53.0. The summed E-state index contributed by atoms with van der Waals surface area (Å²) in [6, 6.07) is 0. The van der Waals surface area contributed by atoms with Crippen molar-refractivity contribution < 1.29 is 0 Å². The SMILES string of the molecule is CC12C=CC(CC1)C2.CC1C2C=CC(C2)C1C. The van der Waals surface area contributed by atoms with Gasteiger partial charge in [-0.3, -0.25) is 0 Å². The van der Waals surface area contributed by atoms with E-state index < -0.39 is 0 Å². The van der Waals surface area contributed by atoms with Crippen molar-refractivity contribution in [2.24, 2.45) is 35.0 Å². The Bertz CT molecular complexity index is 335. The fourth-order valence-electron chi connectivity index (χ4n) is 4.32. The van der Waals surface area contributed by atoms with Crippen LogP contribution in [0, 0.1) is 35.0 Å². The van der Waals surface area contributed by atoms with Gasteiger partial charge in [-0.15, -0.1) is 0 Å². The summed E-state index contributed by atoms with van der Waals surface area (Å²) in [5.74, 6) is 4.75. The van der Waals surface area contributed by atoms with Gasteiger partial charge in [0.15, 0.2) is 0 Å².